The number of benzene rings is 1. The maximum Gasteiger partial charge on any atom is 0.368 e. The van der Waals surface area contributed by atoms with Gasteiger partial charge in [0.05, 0.1) is 7.11 Å². The second-order valence-corrected chi connectivity index (χ2v) is 8.68. The van der Waals surface area contributed by atoms with Crippen LogP contribution in [-0.4, -0.2) is 68.5 Å². The number of anilines is 1. The molecule has 2 amide bonds. The molecule has 0 aromatic heterocycles. The van der Waals surface area contributed by atoms with Crippen molar-refractivity contribution in [1.29, 1.82) is 0 Å². The smallest absolute Gasteiger partial charge is 0.368 e. The molecule has 2 fully saturated rings. The van der Waals surface area contributed by atoms with Crippen LogP contribution in [0.25, 0.3) is 0 Å². The van der Waals surface area contributed by atoms with Gasteiger partial charge in [-0.15, -0.1) is 0 Å². The molecular weight excluding hydrogens is 378 g/mol. The maximum absolute atomic E-state index is 13.0. The van der Waals surface area contributed by atoms with Gasteiger partial charge in [-0.1, -0.05) is 12.1 Å². The predicted molar refractivity (Wildman–Crippen MR) is 108 cm³/mol. The van der Waals surface area contributed by atoms with Crippen LogP contribution in [0.1, 0.15) is 18.0 Å². The first kappa shape index (κ1) is 20.7. The van der Waals surface area contributed by atoms with E-state index in [4.69, 9.17) is 4.74 Å². The Morgan fingerprint density at radius 3 is 2.43 bits per heavy atom. The topological polar surface area (TPSA) is 83.5 Å². The minimum absolute atomic E-state index is 0.220. The van der Waals surface area contributed by atoms with Crippen LogP contribution in [0.2, 0.25) is 0 Å². The van der Waals surface area contributed by atoms with Crippen molar-refractivity contribution >= 4 is 35.2 Å². The van der Waals surface area contributed by atoms with Crippen LogP contribution >= 0.6 is 11.8 Å². The maximum atomic E-state index is 13.0. The number of ether oxygens (including phenoxy) is 1. The molecule has 2 saturated heterocycles. The Morgan fingerprint density at radius 2 is 1.89 bits per heavy atom. The van der Waals surface area contributed by atoms with Crippen molar-refractivity contribution in [2.45, 2.75) is 18.0 Å². The van der Waals surface area contributed by atoms with Gasteiger partial charge in [0, 0.05) is 38.8 Å². The van der Waals surface area contributed by atoms with E-state index in [1.165, 1.54) is 19.1 Å². The van der Waals surface area contributed by atoms with Crippen molar-refractivity contribution < 1.29 is 24.4 Å². The fraction of sp³-hybridized carbons (Fsp3) is 0.550. The summed E-state index contributed by atoms with van der Waals surface area (Å²) in [6.45, 7) is 0. The lowest BCUT2D eigenvalue weighted by Gasteiger charge is -2.28. The van der Waals surface area contributed by atoms with Gasteiger partial charge in [-0.25, -0.2) is 4.79 Å². The predicted octanol–water partition coefficient (Wildman–Crippen LogP) is 0.267. The van der Waals surface area contributed by atoms with Gasteiger partial charge in [0.25, 0.3) is 0 Å². The summed E-state index contributed by atoms with van der Waals surface area (Å²) < 4.78 is 5.13. The second-order valence-electron chi connectivity index (χ2n) is 7.69. The molecule has 0 unspecified atom stereocenters. The summed E-state index contributed by atoms with van der Waals surface area (Å²) in [4.78, 5) is 42.0. The highest BCUT2D eigenvalue weighted by molar-refractivity contribution is 7.98. The molecule has 0 spiro atoms. The zero-order chi connectivity index (χ0) is 20.6. The van der Waals surface area contributed by atoms with Gasteiger partial charge in [-0.05, 0) is 24.1 Å². The van der Waals surface area contributed by atoms with Crippen LogP contribution in [0, 0.1) is 11.8 Å². The van der Waals surface area contributed by atoms with Gasteiger partial charge in [0.15, 0.2) is 0 Å². The van der Waals surface area contributed by atoms with E-state index in [0.29, 0.717) is 12.2 Å². The van der Waals surface area contributed by atoms with E-state index in [2.05, 4.69) is 0 Å². The third kappa shape index (κ3) is 3.08. The average Bonchev–Trinajstić information content (AvgIpc) is 3.16. The molecule has 1 aromatic carbocycles. The van der Waals surface area contributed by atoms with Crippen LogP contribution < -0.4 is 10.2 Å². The van der Waals surface area contributed by atoms with Crippen molar-refractivity contribution in [3.05, 3.63) is 29.8 Å². The zero-order valence-electron chi connectivity index (χ0n) is 17.0. The first-order chi connectivity index (χ1) is 13.3. The molecule has 0 aliphatic carbocycles. The number of hydrogen-bond donors (Lipinski definition) is 1. The van der Waals surface area contributed by atoms with Crippen molar-refractivity contribution in [3.63, 3.8) is 0 Å². The molecule has 0 bridgehead atoms. The van der Waals surface area contributed by atoms with Crippen LogP contribution in [0.4, 0.5) is 5.69 Å². The quantitative estimate of drug-likeness (QED) is 0.539. The fourth-order valence-electron chi connectivity index (χ4n) is 4.56. The van der Waals surface area contributed by atoms with Crippen molar-refractivity contribution in [1.82, 2.24) is 4.90 Å². The molecule has 2 heterocycles. The number of rotatable bonds is 6. The minimum atomic E-state index is -1.08. The number of nitrogens with two attached hydrogens (primary N) is 1. The monoisotopic (exact) mass is 406 g/mol. The number of quaternary nitrogens is 1. The standard InChI is InChI=1S/C20H27N3O4S/c1-22(2)13-8-6-12(7-9-13)16-14-15(18(25)23(3)17(14)24)20(21-16,10-11-28-5)19(26)27-4/h6-9,14-16,21H,10-11H2,1-5H3/p+1/t14-,15-,16-,20+/m0/s1. The Hall–Kier alpha value is -2.06. The molecule has 2 aliphatic heterocycles. The summed E-state index contributed by atoms with van der Waals surface area (Å²) in [5, 5.41) is 1.91. The molecule has 152 valence electrons. The summed E-state index contributed by atoms with van der Waals surface area (Å²) in [6, 6.07) is 7.63. The Bertz CT molecular complexity index is 782. The van der Waals surface area contributed by atoms with Gasteiger partial charge in [0.2, 0.25) is 17.4 Å². The van der Waals surface area contributed by atoms with Gasteiger partial charge in [-0.3, -0.25) is 14.5 Å². The van der Waals surface area contributed by atoms with Crippen LogP contribution in [0.5, 0.6) is 0 Å². The number of carbonyl (C=O) groups excluding carboxylic acids is 3. The van der Waals surface area contributed by atoms with Crippen LogP contribution in [-0.2, 0) is 19.1 Å². The number of esters is 1. The molecule has 8 heteroatoms. The second kappa shape index (κ2) is 7.75. The van der Waals surface area contributed by atoms with Gasteiger partial charge in [0.1, 0.15) is 17.9 Å². The molecule has 4 atom stereocenters. The largest absolute Gasteiger partial charge is 0.464 e. The molecule has 0 radical (unpaired) electrons. The molecule has 7 nitrogen and oxygen atoms in total. The number of fused-ring (bicyclic) bond motifs is 1. The summed E-state index contributed by atoms with van der Waals surface area (Å²) in [7, 11) is 6.78. The average molecular weight is 407 g/mol. The Balaban J connectivity index is 2.08. The van der Waals surface area contributed by atoms with Crippen LogP contribution in [0.3, 0.4) is 0 Å². The lowest BCUT2D eigenvalue weighted by molar-refractivity contribution is -0.734. The first-order valence-electron chi connectivity index (χ1n) is 9.30. The molecule has 28 heavy (non-hydrogen) atoms. The van der Waals surface area contributed by atoms with E-state index >= 15 is 0 Å². The Morgan fingerprint density at radius 1 is 1.25 bits per heavy atom. The summed E-state index contributed by atoms with van der Waals surface area (Å²) in [5.41, 5.74) is 0.906. The number of nitrogens with zero attached hydrogens (tertiary/aromatic N) is 2. The summed E-state index contributed by atoms with van der Waals surface area (Å²) >= 11 is 1.61. The highest BCUT2D eigenvalue weighted by Crippen LogP contribution is 2.45. The number of methoxy groups -OCH3 is 1. The van der Waals surface area contributed by atoms with Gasteiger partial charge in [-0.2, -0.15) is 11.8 Å². The van der Waals surface area contributed by atoms with Gasteiger partial charge >= 0.3 is 5.97 Å². The molecule has 2 N–H and O–H groups in total. The molecule has 1 aromatic rings. The van der Waals surface area contributed by atoms with Crippen molar-refractivity contribution in [2.75, 3.05) is 45.2 Å². The number of likely N-dealkylation sites (tertiary alicyclic amines) is 1. The number of amides is 2. The van der Waals surface area contributed by atoms with E-state index in [9.17, 15) is 14.4 Å². The van der Waals surface area contributed by atoms with E-state index in [1.807, 2.05) is 54.8 Å². The number of thioether (sulfide) groups is 1. The summed E-state index contributed by atoms with van der Waals surface area (Å²) in [5.74, 6) is -1.51. The molecule has 2 aliphatic rings. The van der Waals surface area contributed by atoms with Crippen LogP contribution in [0.15, 0.2) is 24.3 Å². The van der Waals surface area contributed by atoms with E-state index in [1.54, 1.807) is 11.8 Å². The lowest BCUT2D eigenvalue weighted by Crippen LogP contribution is -2.98. The minimum Gasteiger partial charge on any atom is -0.464 e. The van der Waals surface area contributed by atoms with E-state index in [0.717, 1.165) is 11.3 Å². The highest BCUT2D eigenvalue weighted by Gasteiger charge is 2.71. The van der Waals surface area contributed by atoms with E-state index < -0.39 is 23.3 Å². The van der Waals surface area contributed by atoms with Crippen molar-refractivity contribution in [3.8, 4) is 0 Å². The normalized spacial score (nSPS) is 29.2. The van der Waals surface area contributed by atoms with E-state index in [-0.39, 0.29) is 17.9 Å². The Kier molecular flexibility index (Phi) is 5.72. The number of carbonyl (C=O) groups is 3. The molecular formula is C20H28N3O4S+. The number of hydrogen-bond acceptors (Lipinski definition) is 6. The van der Waals surface area contributed by atoms with Gasteiger partial charge < -0.3 is 15.0 Å². The lowest BCUT2D eigenvalue weighted by atomic mass is 9.78. The first-order valence-corrected chi connectivity index (χ1v) is 10.7. The Labute approximate surface area is 169 Å². The van der Waals surface area contributed by atoms with Crippen molar-refractivity contribution in [2.24, 2.45) is 11.8 Å². The third-order valence-electron chi connectivity index (χ3n) is 6.07. The fourth-order valence-corrected chi connectivity index (χ4v) is 5.10. The molecule has 0 saturated carbocycles. The summed E-state index contributed by atoms with van der Waals surface area (Å²) in [6.07, 6.45) is 2.43. The zero-order valence-corrected chi connectivity index (χ0v) is 17.8. The molecule has 3 rings (SSSR count). The third-order valence-corrected chi connectivity index (χ3v) is 6.68. The highest BCUT2D eigenvalue weighted by atomic mass is 32.2. The SMILES string of the molecule is COC(=O)[C@]1(CCSC)[NH2+][C@@H](c2ccc(N(C)C)cc2)[C@H]2C(=O)N(C)C(=O)[C@H]21. The number of imide groups is 1.